The minimum Gasteiger partial charge on any atom is -0.322 e. The Morgan fingerprint density at radius 1 is 1.35 bits per heavy atom. The summed E-state index contributed by atoms with van der Waals surface area (Å²) in [5.74, 6) is 0.718. The standard InChI is InChI=1S/C12H20N4O/c1-3-16(12-13-8(2)15-17-12)11-6-9-4-5-10(7-11)14-9/h9-11,14H,3-7H2,1-2H3. The van der Waals surface area contributed by atoms with E-state index < -0.39 is 0 Å². The maximum atomic E-state index is 5.31. The number of nitrogens with one attached hydrogen (secondary N) is 1. The van der Waals surface area contributed by atoms with Crippen LogP contribution in [0.1, 0.15) is 38.4 Å². The van der Waals surface area contributed by atoms with Crippen molar-refractivity contribution in [2.75, 3.05) is 11.4 Å². The molecule has 2 fully saturated rings. The van der Waals surface area contributed by atoms with Crippen LogP contribution in [-0.2, 0) is 0 Å². The number of piperidine rings is 1. The molecule has 17 heavy (non-hydrogen) atoms. The van der Waals surface area contributed by atoms with Gasteiger partial charge in [-0.25, -0.2) is 0 Å². The highest BCUT2D eigenvalue weighted by Gasteiger charge is 2.36. The summed E-state index contributed by atoms with van der Waals surface area (Å²) in [5, 5.41) is 7.55. The number of anilines is 1. The molecule has 3 heterocycles. The molecule has 1 aromatic rings. The van der Waals surface area contributed by atoms with Gasteiger partial charge in [0.05, 0.1) is 0 Å². The van der Waals surface area contributed by atoms with Crippen molar-refractivity contribution in [2.45, 2.75) is 57.7 Å². The second-order valence-corrected chi connectivity index (χ2v) is 5.17. The predicted octanol–water partition coefficient (Wildman–Crippen LogP) is 1.49. The van der Waals surface area contributed by atoms with Crippen LogP contribution in [0.2, 0.25) is 0 Å². The number of aromatic nitrogens is 2. The summed E-state index contributed by atoms with van der Waals surface area (Å²) in [6.45, 7) is 4.96. The SMILES string of the molecule is CCN(c1nc(C)no1)C1CC2CCC(C1)N2. The van der Waals surface area contributed by atoms with Crippen LogP contribution < -0.4 is 10.2 Å². The Morgan fingerprint density at radius 2 is 2.06 bits per heavy atom. The van der Waals surface area contributed by atoms with Crippen LogP contribution in [0, 0.1) is 6.92 Å². The van der Waals surface area contributed by atoms with E-state index in [2.05, 4.69) is 27.3 Å². The van der Waals surface area contributed by atoms with Gasteiger partial charge >= 0.3 is 6.01 Å². The Hall–Kier alpha value is -1.10. The van der Waals surface area contributed by atoms with Crippen LogP contribution in [0.4, 0.5) is 6.01 Å². The molecular weight excluding hydrogens is 216 g/mol. The monoisotopic (exact) mass is 236 g/mol. The van der Waals surface area contributed by atoms with Crippen LogP contribution in [-0.4, -0.2) is 34.8 Å². The topological polar surface area (TPSA) is 54.2 Å². The Morgan fingerprint density at radius 3 is 2.59 bits per heavy atom. The van der Waals surface area contributed by atoms with Crippen molar-refractivity contribution in [1.82, 2.24) is 15.5 Å². The molecule has 3 rings (SSSR count). The van der Waals surface area contributed by atoms with E-state index in [4.69, 9.17) is 4.52 Å². The Kier molecular flexibility index (Phi) is 2.78. The zero-order valence-electron chi connectivity index (χ0n) is 10.5. The van der Waals surface area contributed by atoms with E-state index in [0.29, 0.717) is 24.1 Å². The summed E-state index contributed by atoms with van der Waals surface area (Å²) >= 11 is 0. The maximum absolute atomic E-state index is 5.31. The lowest BCUT2D eigenvalue weighted by molar-refractivity contribution is 0.326. The molecule has 2 atom stereocenters. The molecule has 2 aliphatic heterocycles. The second-order valence-electron chi connectivity index (χ2n) is 5.17. The van der Waals surface area contributed by atoms with Crippen molar-refractivity contribution in [3.8, 4) is 0 Å². The molecule has 2 unspecified atom stereocenters. The first-order valence-electron chi connectivity index (χ1n) is 6.59. The first-order chi connectivity index (χ1) is 8.26. The van der Waals surface area contributed by atoms with Gasteiger partial charge in [0.2, 0.25) is 0 Å². The van der Waals surface area contributed by atoms with Crippen molar-refractivity contribution in [3.63, 3.8) is 0 Å². The molecule has 2 bridgehead atoms. The van der Waals surface area contributed by atoms with Crippen molar-refractivity contribution in [3.05, 3.63) is 5.82 Å². The molecule has 0 aromatic carbocycles. The summed E-state index contributed by atoms with van der Waals surface area (Å²) in [7, 11) is 0. The third-order valence-electron chi connectivity index (χ3n) is 3.99. The van der Waals surface area contributed by atoms with E-state index in [0.717, 1.165) is 12.4 Å². The average molecular weight is 236 g/mol. The van der Waals surface area contributed by atoms with Gasteiger partial charge in [-0.2, -0.15) is 4.98 Å². The average Bonchev–Trinajstić information content (AvgIpc) is 2.87. The molecule has 0 aliphatic carbocycles. The molecule has 1 aromatic heterocycles. The first kappa shape index (κ1) is 11.0. The summed E-state index contributed by atoms with van der Waals surface area (Å²) in [4.78, 5) is 6.63. The Bertz CT molecular complexity index is 380. The molecule has 0 amide bonds. The van der Waals surface area contributed by atoms with Crippen molar-refractivity contribution < 1.29 is 4.52 Å². The van der Waals surface area contributed by atoms with E-state index >= 15 is 0 Å². The summed E-state index contributed by atoms with van der Waals surface area (Å²) in [6, 6.07) is 2.63. The number of hydrogen-bond donors (Lipinski definition) is 1. The zero-order chi connectivity index (χ0) is 11.8. The lowest BCUT2D eigenvalue weighted by atomic mass is 9.98. The molecule has 5 heteroatoms. The van der Waals surface area contributed by atoms with Gasteiger partial charge in [0.25, 0.3) is 0 Å². The van der Waals surface area contributed by atoms with Crippen molar-refractivity contribution in [2.24, 2.45) is 0 Å². The van der Waals surface area contributed by atoms with Gasteiger partial charge < -0.3 is 14.7 Å². The summed E-state index contributed by atoms with van der Waals surface area (Å²) in [6.07, 6.45) is 5.04. The lowest BCUT2D eigenvalue weighted by Gasteiger charge is -2.36. The van der Waals surface area contributed by atoms with Crippen LogP contribution in [0.15, 0.2) is 4.52 Å². The van der Waals surface area contributed by atoms with Gasteiger partial charge in [0.15, 0.2) is 5.82 Å². The molecule has 94 valence electrons. The number of fused-ring (bicyclic) bond motifs is 2. The third kappa shape index (κ3) is 2.04. The smallest absolute Gasteiger partial charge is 0.322 e. The van der Waals surface area contributed by atoms with Gasteiger partial charge in [0, 0.05) is 24.7 Å². The van der Waals surface area contributed by atoms with Crippen molar-refractivity contribution in [1.29, 1.82) is 0 Å². The van der Waals surface area contributed by atoms with E-state index in [9.17, 15) is 0 Å². The number of aryl methyl sites for hydroxylation is 1. The molecule has 2 saturated heterocycles. The quantitative estimate of drug-likeness (QED) is 0.861. The minimum atomic E-state index is 0.554. The van der Waals surface area contributed by atoms with E-state index in [1.165, 1.54) is 25.7 Å². The predicted molar refractivity (Wildman–Crippen MR) is 65.0 cm³/mol. The Balaban J connectivity index is 1.77. The minimum absolute atomic E-state index is 0.554. The number of hydrogen-bond acceptors (Lipinski definition) is 5. The summed E-state index contributed by atoms with van der Waals surface area (Å²) < 4.78 is 5.31. The molecule has 5 nitrogen and oxygen atoms in total. The fraction of sp³-hybridized carbons (Fsp3) is 0.833. The van der Waals surface area contributed by atoms with Gasteiger partial charge in [-0.1, -0.05) is 5.16 Å². The molecule has 0 spiro atoms. The van der Waals surface area contributed by atoms with Gasteiger partial charge in [-0.05, 0) is 39.5 Å². The fourth-order valence-electron chi connectivity index (χ4n) is 3.23. The fourth-order valence-corrected chi connectivity index (χ4v) is 3.23. The van der Waals surface area contributed by atoms with E-state index in [1.54, 1.807) is 0 Å². The highest BCUT2D eigenvalue weighted by Crippen LogP contribution is 2.31. The van der Waals surface area contributed by atoms with Crippen molar-refractivity contribution >= 4 is 6.01 Å². The number of rotatable bonds is 3. The van der Waals surface area contributed by atoms with E-state index in [1.807, 2.05) is 6.92 Å². The molecule has 0 saturated carbocycles. The second kappa shape index (κ2) is 4.29. The molecule has 0 radical (unpaired) electrons. The Labute approximate surface area is 102 Å². The van der Waals surface area contributed by atoms with Gasteiger partial charge in [0.1, 0.15) is 0 Å². The van der Waals surface area contributed by atoms with Crippen LogP contribution in [0.25, 0.3) is 0 Å². The molecule has 2 aliphatic rings. The highest BCUT2D eigenvalue weighted by molar-refractivity contribution is 5.28. The van der Waals surface area contributed by atoms with Crippen LogP contribution in [0.5, 0.6) is 0 Å². The highest BCUT2D eigenvalue weighted by atomic mass is 16.5. The normalized spacial score (nSPS) is 31.8. The lowest BCUT2D eigenvalue weighted by Crippen LogP contribution is -2.48. The van der Waals surface area contributed by atoms with Gasteiger partial charge in [-0.15, -0.1) is 0 Å². The summed E-state index contributed by atoms with van der Waals surface area (Å²) in [5.41, 5.74) is 0. The van der Waals surface area contributed by atoms with Gasteiger partial charge in [-0.3, -0.25) is 0 Å². The largest absolute Gasteiger partial charge is 0.324 e. The molecule has 1 N–H and O–H groups in total. The maximum Gasteiger partial charge on any atom is 0.324 e. The van der Waals surface area contributed by atoms with Crippen LogP contribution in [0.3, 0.4) is 0 Å². The zero-order valence-corrected chi connectivity index (χ0v) is 10.5. The molecular formula is C12H20N4O. The third-order valence-corrected chi connectivity index (χ3v) is 3.99. The number of nitrogens with zero attached hydrogens (tertiary/aromatic N) is 3. The van der Waals surface area contributed by atoms with Crippen LogP contribution >= 0.6 is 0 Å². The first-order valence-corrected chi connectivity index (χ1v) is 6.59. The van der Waals surface area contributed by atoms with E-state index in [-0.39, 0.29) is 0 Å².